The van der Waals surface area contributed by atoms with Crippen molar-refractivity contribution in [2.24, 2.45) is 0 Å². The Bertz CT molecular complexity index is 1200. The molecule has 0 aliphatic heterocycles. The Morgan fingerprint density at radius 1 is 1.16 bits per heavy atom. The number of nitrogens with one attached hydrogen (secondary N) is 1. The molecule has 0 bridgehead atoms. The quantitative estimate of drug-likeness (QED) is 0.254. The van der Waals surface area contributed by atoms with E-state index in [1.165, 1.54) is 6.08 Å². The van der Waals surface area contributed by atoms with Gasteiger partial charge in [-0.05, 0) is 55.0 Å². The van der Waals surface area contributed by atoms with E-state index >= 15 is 0 Å². The van der Waals surface area contributed by atoms with E-state index in [4.69, 9.17) is 16.3 Å². The number of benzene rings is 3. The van der Waals surface area contributed by atoms with E-state index in [1.54, 1.807) is 30.3 Å². The average molecular weight is 561 g/mol. The first kappa shape index (κ1) is 23.1. The summed E-state index contributed by atoms with van der Waals surface area (Å²) in [4.78, 5) is 12.7. The van der Waals surface area contributed by atoms with E-state index < -0.39 is 5.91 Å². The highest BCUT2D eigenvalue weighted by molar-refractivity contribution is 9.10. The lowest BCUT2D eigenvalue weighted by Gasteiger charge is -2.12. The van der Waals surface area contributed by atoms with Crippen molar-refractivity contribution in [2.75, 3.05) is 5.32 Å². The predicted molar refractivity (Wildman–Crippen MR) is 131 cm³/mol. The molecule has 0 heterocycles. The van der Waals surface area contributed by atoms with Gasteiger partial charge < -0.3 is 10.1 Å². The second kappa shape index (κ2) is 10.6. The first-order valence-corrected chi connectivity index (χ1v) is 11.2. The molecule has 0 saturated heterocycles. The number of aryl methyl sites for hydroxylation is 1. The van der Waals surface area contributed by atoms with Gasteiger partial charge in [0.05, 0.1) is 0 Å². The number of nitrogens with zero attached hydrogens (tertiary/aromatic N) is 1. The first-order valence-electron chi connectivity index (χ1n) is 9.22. The topological polar surface area (TPSA) is 62.1 Å². The van der Waals surface area contributed by atoms with Gasteiger partial charge in [-0.1, -0.05) is 67.7 Å². The van der Waals surface area contributed by atoms with Gasteiger partial charge in [-0.25, -0.2) is 0 Å². The van der Waals surface area contributed by atoms with Crippen LogP contribution in [0.4, 0.5) is 5.69 Å². The van der Waals surface area contributed by atoms with Gasteiger partial charge in [-0.15, -0.1) is 0 Å². The highest BCUT2D eigenvalue weighted by Crippen LogP contribution is 2.28. The summed E-state index contributed by atoms with van der Waals surface area (Å²) in [5.74, 6) is 0.0250. The van der Waals surface area contributed by atoms with Crippen LogP contribution in [0, 0.1) is 18.3 Å². The molecule has 7 heteroatoms. The largest absolute Gasteiger partial charge is 0.488 e. The van der Waals surface area contributed by atoms with E-state index in [-0.39, 0.29) is 5.57 Å². The number of ether oxygens (including phenoxy) is 1. The number of anilines is 1. The zero-order chi connectivity index (χ0) is 22.4. The molecule has 0 aromatic heterocycles. The van der Waals surface area contributed by atoms with Gasteiger partial charge in [0.25, 0.3) is 5.91 Å². The Morgan fingerprint density at radius 2 is 1.94 bits per heavy atom. The maximum atomic E-state index is 12.7. The van der Waals surface area contributed by atoms with Crippen LogP contribution < -0.4 is 10.1 Å². The maximum absolute atomic E-state index is 12.7. The summed E-state index contributed by atoms with van der Waals surface area (Å²) in [6.45, 7) is 2.21. The standard InChI is InChI=1S/C24H17Br2ClN2O2/c1-15-6-8-20(12-22(15)27)29-24(30)18(13-28)10-17-11-19(25)7-9-23(17)31-14-16-4-2-3-5-21(16)26/h2-12H,14H2,1H3,(H,29,30)/b18-10+. The normalized spacial score (nSPS) is 11.0. The Balaban J connectivity index is 1.84. The second-order valence-electron chi connectivity index (χ2n) is 6.65. The molecule has 3 aromatic rings. The fourth-order valence-electron chi connectivity index (χ4n) is 2.71. The fourth-order valence-corrected chi connectivity index (χ4v) is 3.67. The van der Waals surface area contributed by atoms with E-state index in [1.807, 2.05) is 43.3 Å². The molecular formula is C24H17Br2ClN2O2. The summed E-state index contributed by atoms with van der Waals surface area (Å²) < 4.78 is 7.72. The maximum Gasteiger partial charge on any atom is 0.266 e. The third kappa shape index (κ3) is 6.20. The van der Waals surface area contributed by atoms with Crippen LogP contribution in [0.1, 0.15) is 16.7 Å². The third-order valence-corrected chi connectivity index (χ3v) is 6.08. The van der Waals surface area contributed by atoms with E-state index in [9.17, 15) is 10.1 Å². The molecule has 0 aliphatic carbocycles. The number of nitriles is 1. The van der Waals surface area contributed by atoms with E-state index in [2.05, 4.69) is 37.2 Å². The lowest BCUT2D eigenvalue weighted by Crippen LogP contribution is -2.13. The summed E-state index contributed by atoms with van der Waals surface area (Å²) in [7, 11) is 0. The minimum Gasteiger partial charge on any atom is -0.488 e. The van der Waals surface area contributed by atoms with Crippen LogP contribution in [0.2, 0.25) is 5.02 Å². The van der Waals surface area contributed by atoms with Crippen LogP contribution in [-0.4, -0.2) is 5.91 Å². The summed E-state index contributed by atoms with van der Waals surface area (Å²) in [6, 6.07) is 20.3. The molecule has 1 amide bonds. The Morgan fingerprint density at radius 3 is 2.65 bits per heavy atom. The van der Waals surface area contributed by atoms with Crippen LogP contribution >= 0.6 is 43.5 Å². The number of carbonyl (C=O) groups is 1. The van der Waals surface area contributed by atoms with Crippen LogP contribution in [0.3, 0.4) is 0 Å². The number of amides is 1. The molecular weight excluding hydrogens is 544 g/mol. The molecule has 3 rings (SSSR count). The van der Waals surface area contributed by atoms with Crippen molar-refractivity contribution < 1.29 is 9.53 Å². The second-order valence-corrected chi connectivity index (χ2v) is 8.83. The lowest BCUT2D eigenvalue weighted by atomic mass is 10.1. The van der Waals surface area contributed by atoms with Crippen molar-refractivity contribution in [3.05, 3.63) is 96.9 Å². The highest BCUT2D eigenvalue weighted by Gasteiger charge is 2.13. The van der Waals surface area contributed by atoms with Gasteiger partial charge in [0.2, 0.25) is 0 Å². The summed E-state index contributed by atoms with van der Waals surface area (Å²) in [6.07, 6.45) is 1.51. The molecule has 0 aliphatic rings. The molecule has 0 spiro atoms. The molecule has 4 nitrogen and oxygen atoms in total. The first-order chi connectivity index (χ1) is 14.9. The number of hydrogen-bond donors (Lipinski definition) is 1. The van der Waals surface area contributed by atoms with Crippen molar-refractivity contribution in [3.63, 3.8) is 0 Å². The number of halogens is 3. The van der Waals surface area contributed by atoms with Gasteiger partial charge in [0, 0.05) is 30.8 Å². The summed E-state index contributed by atoms with van der Waals surface area (Å²) >= 11 is 13.1. The van der Waals surface area contributed by atoms with Crippen LogP contribution in [0.15, 0.2) is 75.2 Å². The van der Waals surface area contributed by atoms with Gasteiger partial charge in [-0.3, -0.25) is 4.79 Å². The molecule has 0 atom stereocenters. The van der Waals surface area contributed by atoms with Crippen LogP contribution in [-0.2, 0) is 11.4 Å². The SMILES string of the molecule is Cc1ccc(NC(=O)/C(C#N)=C/c2cc(Br)ccc2OCc2ccccc2Br)cc1Cl. The highest BCUT2D eigenvalue weighted by atomic mass is 79.9. The summed E-state index contributed by atoms with van der Waals surface area (Å²) in [5.41, 5.74) is 2.95. The molecule has 156 valence electrons. The van der Waals surface area contributed by atoms with Crippen LogP contribution in [0.5, 0.6) is 5.75 Å². The Kier molecular flexibility index (Phi) is 7.91. The van der Waals surface area contributed by atoms with Crippen molar-refractivity contribution in [1.29, 1.82) is 5.26 Å². The molecule has 0 saturated carbocycles. The molecule has 3 aromatic carbocycles. The van der Waals surface area contributed by atoms with E-state index in [0.29, 0.717) is 28.6 Å². The lowest BCUT2D eigenvalue weighted by molar-refractivity contribution is -0.112. The molecule has 0 unspecified atom stereocenters. The Hall–Kier alpha value is -2.59. The Labute approximate surface area is 202 Å². The van der Waals surface area contributed by atoms with Crippen molar-refractivity contribution in [2.45, 2.75) is 13.5 Å². The minimum absolute atomic E-state index is 0.0551. The fraction of sp³-hybridized carbons (Fsp3) is 0.0833. The number of hydrogen-bond acceptors (Lipinski definition) is 3. The third-order valence-electron chi connectivity index (χ3n) is 4.41. The van der Waals surface area contributed by atoms with Crippen molar-refractivity contribution in [3.8, 4) is 11.8 Å². The number of carbonyl (C=O) groups excluding carboxylic acids is 1. The van der Waals surface area contributed by atoms with Crippen molar-refractivity contribution >= 4 is 61.1 Å². The van der Waals surface area contributed by atoms with Gasteiger partial charge in [0.1, 0.15) is 24.0 Å². The van der Waals surface area contributed by atoms with Gasteiger partial charge >= 0.3 is 0 Å². The van der Waals surface area contributed by atoms with Crippen molar-refractivity contribution in [1.82, 2.24) is 0 Å². The number of rotatable bonds is 6. The molecule has 0 radical (unpaired) electrons. The zero-order valence-electron chi connectivity index (χ0n) is 16.5. The molecule has 1 N–H and O–H groups in total. The van der Waals surface area contributed by atoms with Gasteiger partial charge in [0.15, 0.2) is 0 Å². The molecule has 0 fully saturated rings. The monoisotopic (exact) mass is 558 g/mol. The minimum atomic E-state index is -0.529. The zero-order valence-corrected chi connectivity index (χ0v) is 20.4. The predicted octanol–water partition coefficient (Wildman–Crippen LogP) is 7.30. The average Bonchev–Trinajstić information content (AvgIpc) is 2.75. The van der Waals surface area contributed by atoms with Gasteiger partial charge in [-0.2, -0.15) is 5.26 Å². The molecule has 31 heavy (non-hydrogen) atoms. The van der Waals surface area contributed by atoms with E-state index in [0.717, 1.165) is 20.1 Å². The smallest absolute Gasteiger partial charge is 0.266 e. The van der Waals surface area contributed by atoms with Crippen LogP contribution in [0.25, 0.3) is 6.08 Å². The summed E-state index contributed by atoms with van der Waals surface area (Å²) in [5, 5.41) is 12.8.